The number of carbonyl (C=O) groups is 1. The summed E-state index contributed by atoms with van der Waals surface area (Å²) in [5, 5.41) is 7.57. The van der Waals surface area contributed by atoms with Crippen molar-refractivity contribution in [3.63, 3.8) is 0 Å². The van der Waals surface area contributed by atoms with Gasteiger partial charge < -0.3 is 5.11 Å². The molecule has 0 heterocycles. The molecule has 0 amide bonds. The van der Waals surface area contributed by atoms with E-state index < -0.39 is 0 Å². The van der Waals surface area contributed by atoms with E-state index in [4.69, 9.17) is 5.11 Å². The minimum atomic E-state index is 0.250. The summed E-state index contributed by atoms with van der Waals surface area (Å²) in [5.74, 6) is 1.53. The summed E-state index contributed by atoms with van der Waals surface area (Å²) in [6, 6.07) is 0. The van der Waals surface area contributed by atoms with E-state index in [1.807, 2.05) is 0 Å². The first-order valence-corrected chi connectivity index (χ1v) is 5.80. The fourth-order valence-electron chi connectivity index (χ4n) is 1.90. The molecule has 0 aliphatic heterocycles. The second-order valence-corrected chi connectivity index (χ2v) is 4.02. The fourth-order valence-corrected chi connectivity index (χ4v) is 1.90. The summed E-state index contributed by atoms with van der Waals surface area (Å²) < 4.78 is 0. The van der Waals surface area contributed by atoms with Gasteiger partial charge in [-0.15, -0.1) is 0 Å². The van der Waals surface area contributed by atoms with Crippen molar-refractivity contribution in [2.24, 2.45) is 11.8 Å². The van der Waals surface area contributed by atoms with Crippen LogP contribution >= 0.6 is 0 Å². The predicted molar refractivity (Wildman–Crippen MR) is 59.2 cm³/mol. The first kappa shape index (κ1) is 13.6. The number of aliphatic hydroxyl groups is 1. The van der Waals surface area contributed by atoms with Gasteiger partial charge in [0.15, 0.2) is 0 Å². The number of ketones is 1. The Hall–Kier alpha value is -0.370. The van der Waals surface area contributed by atoms with Crippen LogP contribution in [0.2, 0.25) is 0 Å². The maximum Gasteiger partial charge on any atom is 0.136 e. The standard InChI is InChI=1S/C10H18O.C2H6O/c1-3-8(2)9-6-4-5-7-10(9)11;1-2-3/h8-9H,3-7H2,1-2H3;3H,2H2,1H3. The van der Waals surface area contributed by atoms with Crippen LogP contribution in [0.5, 0.6) is 0 Å². The van der Waals surface area contributed by atoms with Crippen molar-refractivity contribution < 1.29 is 9.90 Å². The van der Waals surface area contributed by atoms with Crippen molar-refractivity contribution in [2.45, 2.75) is 52.9 Å². The highest BCUT2D eigenvalue weighted by Crippen LogP contribution is 2.28. The number of rotatable bonds is 2. The van der Waals surface area contributed by atoms with Gasteiger partial charge >= 0.3 is 0 Å². The molecule has 2 atom stereocenters. The van der Waals surface area contributed by atoms with E-state index in [1.54, 1.807) is 6.92 Å². The lowest BCUT2D eigenvalue weighted by molar-refractivity contribution is -0.126. The Morgan fingerprint density at radius 3 is 2.43 bits per heavy atom. The minimum absolute atomic E-state index is 0.250. The van der Waals surface area contributed by atoms with Crippen LogP contribution in [0.1, 0.15) is 52.9 Å². The monoisotopic (exact) mass is 200 g/mol. The van der Waals surface area contributed by atoms with E-state index in [0.717, 1.165) is 25.7 Å². The molecule has 2 nitrogen and oxygen atoms in total. The molecule has 1 N–H and O–H groups in total. The van der Waals surface area contributed by atoms with Crippen molar-refractivity contribution in [2.75, 3.05) is 6.61 Å². The summed E-state index contributed by atoms with van der Waals surface area (Å²) in [6.07, 6.45) is 5.53. The summed E-state index contributed by atoms with van der Waals surface area (Å²) in [6.45, 7) is 6.31. The summed E-state index contributed by atoms with van der Waals surface area (Å²) in [5.41, 5.74) is 0. The van der Waals surface area contributed by atoms with Crippen LogP contribution in [0.3, 0.4) is 0 Å². The summed E-state index contributed by atoms with van der Waals surface area (Å²) in [7, 11) is 0. The Morgan fingerprint density at radius 2 is 2.00 bits per heavy atom. The molecule has 0 radical (unpaired) electrons. The molecule has 0 bridgehead atoms. The highest BCUT2D eigenvalue weighted by Gasteiger charge is 2.25. The van der Waals surface area contributed by atoms with Crippen LogP contribution in [-0.2, 0) is 4.79 Å². The first-order chi connectivity index (χ1) is 6.67. The molecule has 2 unspecified atom stereocenters. The van der Waals surface area contributed by atoms with Crippen LogP contribution in [0.4, 0.5) is 0 Å². The third-order valence-corrected chi connectivity index (χ3v) is 2.93. The van der Waals surface area contributed by atoms with E-state index in [-0.39, 0.29) is 6.61 Å². The molecule has 14 heavy (non-hydrogen) atoms. The van der Waals surface area contributed by atoms with Gasteiger partial charge in [-0.2, -0.15) is 0 Å². The number of Topliss-reactive ketones (excluding diaryl/α,β-unsaturated/α-hetero) is 1. The highest BCUT2D eigenvalue weighted by atomic mass is 16.2. The number of hydrogen-bond donors (Lipinski definition) is 1. The Labute approximate surface area is 87.7 Å². The zero-order valence-electron chi connectivity index (χ0n) is 9.75. The van der Waals surface area contributed by atoms with Gasteiger partial charge in [-0.1, -0.05) is 26.7 Å². The quantitative estimate of drug-likeness (QED) is 0.744. The van der Waals surface area contributed by atoms with Crippen molar-refractivity contribution >= 4 is 5.78 Å². The fraction of sp³-hybridized carbons (Fsp3) is 0.917. The van der Waals surface area contributed by atoms with Crippen LogP contribution in [-0.4, -0.2) is 17.5 Å². The summed E-state index contributed by atoms with van der Waals surface area (Å²) >= 11 is 0. The van der Waals surface area contributed by atoms with Crippen molar-refractivity contribution in [3.8, 4) is 0 Å². The molecule has 1 aliphatic carbocycles. The molecule has 0 saturated heterocycles. The normalized spacial score (nSPS) is 23.7. The average Bonchev–Trinajstić information content (AvgIpc) is 2.19. The van der Waals surface area contributed by atoms with Gasteiger partial charge in [0.2, 0.25) is 0 Å². The molecule has 1 saturated carbocycles. The van der Waals surface area contributed by atoms with Gasteiger partial charge in [0, 0.05) is 18.9 Å². The van der Waals surface area contributed by atoms with E-state index in [9.17, 15) is 4.79 Å². The van der Waals surface area contributed by atoms with Gasteiger partial charge in [-0.05, 0) is 25.7 Å². The predicted octanol–water partition coefficient (Wildman–Crippen LogP) is 2.79. The van der Waals surface area contributed by atoms with Crippen molar-refractivity contribution in [3.05, 3.63) is 0 Å². The van der Waals surface area contributed by atoms with E-state index in [2.05, 4.69) is 13.8 Å². The van der Waals surface area contributed by atoms with Gasteiger partial charge in [-0.3, -0.25) is 4.79 Å². The number of hydrogen-bond acceptors (Lipinski definition) is 2. The summed E-state index contributed by atoms with van der Waals surface area (Å²) in [4.78, 5) is 11.4. The van der Waals surface area contributed by atoms with Crippen LogP contribution in [0.15, 0.2) is 0 Å². The van der Waals surface area contributed by atoms with Gasteiger partial charge in [0.05, 0.1) is 0 Å². The number of carbonyl (C=O) groups excluding carboxylic acids is 1. The minimum Gasteiger partial charge on any atom is -0.397 e. The van der Waals surface area contributed by atoms with Crippen LogP contribution in [0.25, 0.3) is 0 Å². The second kappa shape index (κ2) is 7.98. The molecule has 1 fully saturated rings. The second-order valence-electron chi connectivity index (χ2n) is 4.02. The lowest BCUT2D eigenvalue weighted by atomic mass is 9.79. The maximum atomic E-state index is 11.4. The van der Waals surface area contributed by atoms with Gasteiger partial charge in [0.25, 0.3) is 0 Å². The third kappa shape index (κ3) is 4.75. The maximum absolute atomic E-state index is 11.4. The number of aliphatic hydroxyl groups excluding tert-OH is 1. The van der Waals surface area contributed by atoms with Crippen molar-refractivity contribution in [1.82, 2.24) is 0 Å². The van der Waals surface area contributed by atoms with Crippen LogP contribution < -0.4 is 0 Å². The third-order valence-electron chi connectivity index (χ3n) is 2.93. The molecule has 0 aromatic rings. The Kier molecular flexibility index (Phi) is 7.77. The lowest BCUT2D eigenvalue weighted by Crippen LogP contribution is -2.24. The van der Waals surface area contributed by atoms with Gasteiger partial charge in [0.1, 0.15) is 5.78 Å². The molecule has 2 heteroatoms. The largest absolute Gasteiger partial charge is 0.397 e. The highest BCUT2D eigenvalue weighted by molar-refractivity contribution is 5.81. The molecule has 0 spiro atoms. The average molecular weight is 200 g/mol. The molecule has 1 rings (SSSR count). The molecule has 84 valence electrons. The van der Waals surface area contributed by atoms with Crippen LogP contribution in [0, 0.1) is 11.8 Å². The first-order valence-electron chi connectivity index (χ1n) is 5.80. The Balaban J connectivity index is 0.000000500. The Bertz CT molecular complexity index is 154. The SMILES string of the molecule is CCC(C)C1CCCCC1=O.CCO. The van der Waals surface area contributed by atoms with E-state index in [0.29, 0.717) is 17.6 Å². The topological polar surface area (TPSA) is 37.3 Å². The molecular formula is C12H24O2. The molecular weight excluding hydrogens is 176 g/mol. The smallest absolute Gasteiger partial charge is 0.136 e. The van der Waals surface area contributed by atoms with Gasteiger partial charge in [-0.25, -0.2) is 0 Å². The lowest BCUT2D eigenvalue weighted by Gasteiger charge is -2.25. The zero-order valence-corrected chi connectivity index (χ0v) is 9.75. The van der Waals surface area contributed by atoms with Crippen molar-refractivity contribution in [1.29, 1.82) is 0 Å². The zero-order chi connectivity index (χ0) is 11.0. The molecule has 0 aromatic heterocycles. The Morgan fingerprint density at radius 1 is 1.43 bits per heavy atom. The van der Waals surface area contributed by atoms with E-state index in [1.165, 1.54) is 6.42 Å². The molecule has 1 aliphatic rings. The van der Waals surface area contributed by atoms with E-state index >= 15 is 0 Å². The molecule has 0 aromatic carbocycles.